The third kappa shape index (κ3) is 4.58. The number of hydrogen-bond donors (Lipinski definition) is 0. The molecule has 0 bridgehead atoms. The molecule has 5 rings (SSSR count). The number of benzene rings is 2. The fraction of sp³-hybridized carbons (Fsp3) is 0.385. The van der Waals surface area contributed by atoms with Crippen molar-refractivity contribution in [1.82, 2.24) is 34.0 Å². The van der Waals surface area contributed by atoms with Crippen molar-refractivity contribution in [2.45, 2.75) is 38.8 Å². The molecule has 0 spiro atoms. The van der Waals surface area contributed by atoms with Crippen molar-refractivity contribution in [1.29, 1.82) is 0 Å². The summed E-state index contributed by atoms with van der Waals surface area (Å²) < 4.78 is 43.4. The summed E-state index contributed by atoms with van der Waals surface area (Å²) in [6, 6.07) is 9.50. The molecule has 0 saturated carbocycles. The van der Waals surface area contributed by atoms with Crippen LogP contribution < -0.4 is 0 Å². The number of amides is 1. The van der Waals surface area contributed by atoms with Gasteiger partial charge in [0.25, 0.3) is 10.0 Å². The zero-order valence-corrected chi connectivity index (χ0v) is 22.8. The Morgan fingerprint density at radius 2 is 1.76 bits per heavy atom. The van der Waals surface area contributed by atoms with Crippen LogP contribution in [0.5, 0.6) is 0 Å². The molecule has 1 atom stereocenters. The van der Waals surface area contributed by atoms with Crippen molar-refractivity contribution in [2.75, 3.05) is 19.6 Å². The molecule has 1 fully saturated rings. The Hall–Kier alpha value is -3.64. The summed E-state index contributed by atoms with van der Waals surface area (Å²) in [5.41, 5.74) is 2.63. The van der Waals surface area contributed by atoms with Crippen LogP contribution in [0.25, 0.3) is 16.6 Å². The first kappa shape index (κ1) is 26.0. The van der Waals surface area contributed by atoms with Crippen LogP contribution >= 0.6 is 0 Å². The van der Waals surface area contributed by atoms with Gasteiger partial charge in [0.05, 0.1) is 29.6 Å². The lowest BCUT2D eigenvalue weighted by Crippen LogP contribution is -2.54. The molecule has 1 aliphatic heterocycles. The average Bonchev–Trinajstić information content (AvgIpc) is 3.49. The van der Waals surface area contributed by atoms with E-state index in [0.717, 1.165) is 27.7 Å². The van der Waals surface area contributed by atoms with E-state index in [9.17, 15) is 17.6 Å². The van der Waals surface area contributed by atoms with Gasteiger partial charge in [-0.1, -0.05) is 20.8 Å². The maximum absolute atomic E-state index is 13.5. The van der Waals surface area contributed by atoms with Gasteiger partial charge in [0.1, 0.15) is 5.82 Å². The van der Waals surface area contributed by atoms with Crippen molar-refractivity contribution < 1.29 is 17.6 Å². The molecular formula is C26H30FN7O3S. The topological polar surface area (TPSA) is 106 Å². The van der Waals surface area contributed by atoms with Gasteiger partial charge in [-0.25, -0.2) is 17.5 Å². The minimum absolute atomic E-state index is 0.0550. The van der Waals surface area contributed by atoms with Crippen molar-refractivity contribution in [3.63, 3.8) is 0 Å². The number of rotatable bonds is 4. The SMILES string of the molecule is Cc1cc2c(cnn2-c2ccc(F)cc2)cc1[C@@H]1CN(S(=O)(=O)c2cnn(C)n2)CCN1C(=O)C(C)(C)C. The van der Waals surface area contributed by atoms with Crippen LogP contribution in [-0.2, 0) is 21.9 Å². The molecule has 38 heavy (non-hydrogen) atoms. The Morgan fingerprint density at radius 1 is 1.05 bits per heavy atom. The highest BCUT2D eigenvalue weighted by molar-refractivity contribution is 7.89. The fourth-order valence-electron chi connectivity index (χ4n) is 4.84. The van der Waals surface area contributed by atoms with Gasteiger partial charge in [0.2, 0.25) is 10.9 Å². The molecule has 12 heteroatoms. The standard InChI is InChI=1S/C26H30FN7O3S/c1-17-12-22-18(14-29-34(22)20-8-6-19(27)7-9-20)13-21(17)23-16-32(10-11-33(23)25(35)26(2,3)4)38(36,37)24-15-28-31(5)30-24/h6-9,12-15,23H,10-11,16H2,1-5H3/t23-/m0/s1. The lowest BCUT2D eigenvalue weighted by molar-refractivity contribution is -0.144. The van der Waals surface area contributed by atoms with E-state index in [1.54, 1.807) is 35.0 Å². The van der Waals surface area contributed by atoms with Crippen LogP contribution in [-0.4, -0.2) is 67.9 Å². The second-order valence-electron chi connectivity index (χ2n) is 10.6. The number of nitrogens with zero attached hydrogens (tertiary/aromatic N) is 7. The molecule has 200 valence electrons. The van der Waals surface area contributed by atoms with E-state index in [0.29, 0.717) is 0 Å². The predicted molar refractivity (Wildman–Crippen MR) is 139 cm³/mol. The summed E-state index contributed by atoms with van der Waals surface area (Å²) in [7, 11) is -2.34. The number of halogens is 1. The Bertz CT molecular complexity index is 1620. The summed E-state index contributed by atoms with van der Waals surface area (Å²) in [5, 5.41) is 13.1. The van der Waals surface area contributed by atoms with Gasteiger partial charge < -0.3 is 4.90 Å². The number of sulfonamides is 1. The zero-order chi connectivity index (χ0) is 27.4. The Kier molecular flexibility index (Phi) is 6.35. The third-order valence-electron chi connectivity index (χ3n) is 6.81. The number of aromatic nitrogens is 5. The summed E-state index contributed by atoms with van der Waals surface area (Å²) in [4.78, 5) is 16.5. The van der Waals surface area contributed by atoms with Crippen LogP contribution in [0, 0.1) is 18.2 Å². The molecule has 4 aromatic rings. The minimum Gasteiger partial charge on any atom is -0.333 e. The molecule has 1 saturated heterocycles. The van der Waals surface area contributed by atoms with E-state index in [4.69, 9.17) is 0 Å². The van der Waals surface area contributed by atoms with Crippen LogP contribution in [0.4, 0.5) is 4.39 Å². The summed E-state index contributed by atoms with van der Waals surface area (Å²) in [6.45, 7) is 7.99. The van der Waals surface area contributed by atoms with E-state index in [1.807, 2.05) is 39.8 Å². The number of fused-ring (bicyclic) bond motifs is 1. The summed E-state index contributed by atoms with van der Waals surface area (Å²) in [6.07, 6.45) is 2.95. The molecule has 1 amide bonds. The van der Waals surface area contributed by atoms with Gasteiger partial charge in [0.15, 0.2) is 0 Å². The van der Waals surface area contributed by atoms with Crippen molar-refractivity contribution in [2.24, 2.45) is 12.5 Å². The van der Waals surface area contributed by atoms with Crippen molar-refractivity contribution in [3.8, 4) is 5.69 Å². The molecule has 0 N–H and O–H groups in total. The van der Waals surface area contributed by atoms with Gasteiger partial charge in [-0.15, -0.1) is 5.10 Å². The predicted octanol–water partition coefficient (Wildman–Crippen LogP) is 3.22. The maximum atomic E-state index is 13.5. The third-order valence-corrected chi connectivity index (χ3v) is 8.54. The number of carbonyl (C=O) groups is 1. The molecule has 3 heterocycles. The minimum atomic E-state index is -3.90. The Balaban J connectivity index is 1.57. The Labute approximate surface area is 220 Å². The van der Waals surface area contributed by atoms with Crippen molar-refractivity contribution in [3.05, 3.63) is 65.7 Å². The largest absolute Gasteiger partial charge is 0.333 e. The van der Waals surface area contributed by atoms with Crippen LogP contribution in [0.3, 0.4) is 0 Å². The number of piperazine rings is 1. The molecule has 10 nitrogen and oxygen atoms in total. The van der Waals surface area contributed by atoms with Crippen LogP contribution in [0.15, 0.2) is 53.8 Å². The van der Waals surface area contributed by atoms with E-state index >= 15 is 0 Å². The zero-order valence-electron chi connectivity index (χ0n) is 22.0. The number of aryl methyl sites for hydroxylation is 2. The molecule has 2 aromatic carbocycles. The second kappa shape index (κ2) is 9.28. The molecule has 2 aromatic heterocycles. The van der Waals surface area contributed by atoms with E-state index < -0.39 is 21.5 Å². The number of hydrogen-bond acceptors (Lipinski definition) is 6. The van der Waals surface area contributed by atoms with Gasteiger partial charge >= 0.3 is 0 Å². The van der Waals surface area contributed by atoms with E-state index in [2.05, 4.69) is 15.3 Å². The first-order chi connectivity index (χ1) is 17.9. The van der Waals surface area contributed by atoms with Gasteiger partial charge in [-0.3, -0.25) is 4.79 Å². The first-order valence-electron chi connectivity index (χ1n) is 12.3. The smallest absolute Gasteiger partial charge is 0.264 e. The molecule has 0 radical (unpaired) electrons. The quantitative estimate of drug-likeness (QED) is 0.394. The molecular weight excluding hydrogens is 509 g/mol. The monoisotopic (exact) mass is 539 g/mol. The Morgan fingerprint density at radius 3 is 2.39 bits per heavy atom. The lowest BCUT2D eigenvalue weighted by atomic mass is 9.90. The molecule has 0 aliphatic carbocycles. The highest BCUT2D eigenvalue weighted by atomic mass is 32.2. The normalized spacial score (nSPS) is 17.3. The summed E-state index contributed by atoms with van der Waals surface area (Å²) in [5.74, 6) is -0.383. The molecule has 1 aliphatic rings. The van der Waals surface area contributed by atoms with Crippen molar-refractivity contribution >= 4 is 26.8 Å². The first-order valence-corrected chi connectivity index (χ1v) is 13.7. The van der Waals surface area contributed by atoms with Gasteiger partial charge in [-0.2, -0.15) is 19.3 Å². The fourth-order valence-corrected chi connectivity index (χ4v) is 6.16. The highest BCUT2D eigenvalue weighted by Gasteiger charge is 2.41. The van der Waals surface area contributed by atoms with Gasteiger partial charge in [-0.05, 0) is 54.4 Å². The summed E-state index contributed by atoms with van der Waals surface area (Å²) >= 11 is 0. The lowest BCUT2D eigenvalue weighted by Gasteiger charge is -2.43. The van der Waals surface area contributed by atoms with Crippen LogP contribution in [0.2, 0.25) is 0 Å². The maximum Gasteiger partial charge on any atom is 0.264 e. The van der Waals surface area contributed by atoms with E-state index in [-0.39, 0.29) is 36.4 Å². The average molecular weight is 540 g/mol. The number of carbonyl (C=O) groups excluding carboxylic acids is 1. The second-order valence-corrected chi connectivity index (χ2v) is 12.5. The molecule has 0 unspecified atom stereocenters. The van der Waals surface area contributed by atoms with E-state index in [1.165, 1.54) is 27.4 Å². The van der Waals surface area contributed by atoms with Gasteiger partial charge in [0, 0.05) is 37.5 Å². The van der Waals surface area contributed by atoms with Crippen LogP contribution in [0.1, 0.15) is 37.9 Å². The highest BCUT2D eigenvalue weighted by Crippen LogP contribution is 2.35.